The van der Waals surface area contributed by atoms with Gasteiger partial charge in [-0.15, -0.1) is 11.3 Å². The number of carbonyl (C=O) groups is 2. The molecule has 1 aromatic heterocycles. The van der Waals surface area contributed by atoms with Crippen LogP contribution in [0.25, 0.3) is 0 Å². The van der Waals surface area contributed by atoms with E-state index in [0.717, 1.165) is 29.8 Å². The monoisotopic (exact) mass is 345 g/mol. The Morgan fingerprint density at radius 3 is 2.54 bits per heavy atom. The maximum atomic E-state index is 12.3. The van der Waals surface area contributed by atoms with Crippen LogP contribution in [0.3, 0.4) is 0 Å². The third-order valence-electron chi connectivity index (χ3n) is 3.65. The van der Waals surface area contributed by atoms with Crippen LogP contribution >= 0.6 is 11.3 Å². The van der Waals surface area contributed by atoms with Gasteiger partial charge in [0.15, 0.2) is 0 Å². The second kappa shape index (κ2) is 9.08. The number of rotatable bonds is 8. The number of nitrogens with two attached hydrogens (primary N) is 1. The van der Waals surface area contributed by atoms with Gasteiger partial charge in [0.2, 0.25) is 5.91 Å². The molecule has 0 fully saturated rings. The molecule has 4 N–H and O–H groups in total. The predicted octanol–water partition coefficient (Wildman–Crippen LogP) is 3.83. The van der Waals surface area contributed by atoms with Crippen molar-refractivity contribution in [2.24, 2.45) is 5.73 Å². The Morgan fingerprint density at radius 2 is 1.96 bits per heavy atom. The Labute approximate surface area is 146 Å². The van der Waals surface area contributed by atoms with Crippen LogP contribution in [0.4, 0.5) is 10.5 Å². The van der Waals surface area contributed by atoms with Crippen molar-refractivity contribution >= 4 is 29.0 Å². The largest absolute Gasteiger partial charge is 0.352 e. The number of aryl methyl sites for hydroxylation is 1. The molecule has 0 unspecified atom stereocenters. The van der Waals surface area contributed by atoms with Crippen LogP contribution in [-0.2, 0) is 11.2 Å². The van der Waals surface area contributed by atoms with E-state index in [4.69, 9.17) is 5.73 Å². The van der Waals surface area contributed by atoms with Crippen molar-refractivity contribution in [1.29, 1.82) is 0 Å². The Morgan fingerprint density at radius 1 is 1.21 bits per heavy atom. The van der Waals surface area contributed by atoms with Crippen LogP contribution in [0, 0.1) is 0 Å². The van der Waals surface area contributed by atoms with Crippen molar-refractivity contribution in [3.8, 4) is 0 Å². The molecule has 0 bridgehead atoms. The first-order valence-corrected chi connectivity index (χ1v) is 8.94. The van der Waals surface area contributed by atoms with Crippen LogP contribution in [0.5, 0.6) is 0 Å². The quantitative estimate of drug-likeness (QED) is 0.679. The van der Waals surface area contributed by atoms with Gasteiger partial charge >= 0.3 is 6.03 Å². The Bertz CT molecular complexity index is 653. The summed E-state index contributed by atoms with van der Waals surface area (Å²) in [5, 5.41) is 7.38. The van der Waals surface area contributed by atoms with E-state index in [1.54, 1.807) is 0 Å². The zero-order chi connectivity index (χ0) is 17.4. The van der Waals surface area contributed by atoms with E-state index < -0.39 is 12.1 Å². The average molecular weight is 345 g/mol. The highest BCUT2D eigenvalue weighted by atomic mass is 32.1. The Balaban J connectivity index is 1.94. The number of nitrogens with one attached hydrogen (secondary N) is 2. The van der Waals surface area contributed by atoms with Crippen LogP contribution in [0.15, 0.2) is 41.8 Å². The topological polar surface area (TPSA) is 84.2 Å². The molecule has 0 aliphatic heterocycles. The summed E-state index contributed by atoms with van der Waals surface area (Å²) < 4.78 is 0. The van der Waals surface area contributed by atoms with E-state index in [0.29, 0.717) is 0 Å². The molecule has 0 aliphatic rings. The van der Waals surface area contributed by atoms with E-state index in [-0.39, 0.29) is 12.3 Å². The third kappa shape index (κ3) is 5.70. The number of hydrogen-bond acceptors (Lipinski definition) is 3. The van der Waals surface area contributed by atoms with Gasteiger partial charge in [-0.3, -0.25) is 4.79 Å². The van der Waals surface area contributed by atoms with Gasteiger partial charge < -0.3 is 16.4 Å². The maximum Gasteiger partial charge on any atom is 0.312 e. The first-order chi connectivity index (χ1) is 11.6. The summed E-state index contributed by atoms with van der Waals surface area (Å²) in [6, 6.07) is 10.6. The highest BCUT2D eigenvalue weighted by Gasteiger charge is 2.18. The van der Waals surface area contributed by atoms with E-state index >= 15 is 0 Å². The van der Waals surface area contributed by atoms with E-state index in [1.807, 2.05) is 41.8 Å². The van der Waals surface area contributed by atoms with Crippen LogP contribution in [0.2, 0.25) is 0 Å². The molecule has 0 saturated heterocycles. The standard InChI is InChI=1S/C18H23N3O2S/c1-2-3-5-13-7-9-14(10-8-13)20-17(22)12-15(21-18(19)23)16-6-4-11-24-16/h4,6-11,15H,2-3,5,12H2,1H3,(H,20,22)(H3,19,21,23)/t15-/m1/s1. The Kier molecular flexibility index (Phi) is 6.81. The van der Waals surface area contributed by atoms with Gasteiger partial charge in [-0.05, 0) is 42.0 Å². The molecule has 2 aromatic rings. The highest BCUT2D eigenvalue weighted by molar-refractivity contribution is 7.10. The minimum Gasteiger partial charge on any atom is -0.352 e. The summed E-state index contributed by atoms with van der Waals surface area (Å²) in [7, 11) is 0. The van der Waals surface area contributed by atoms with Gasteiger partial charge in [-0.25, -0.2) is 4.79 Å². The smallest absolute Gasteiger partial charge is 0.312 e. The fraction of sp³-hybridized carbons (Fsp3) is 0.333. The zero-order valence-corrected chi connectivity index (χ0v) is 14.6. The second-order valence-electron chi connectivity index (χ2n) is 5.63. The van der Waals surface area contributed by atoms with Crippen LogP contribution < -0.4 is 16.4 Å². The molecule has 24 heavy (non-hydrogen) atoms. The number of anilines is 1. The van der Waals surface area contributed by atoms with Crippen molar-refractivity contribution in [3.05, 3.63) is 52.2 Å². The number of urea groups is 1. The number of unbranched alkanes of at least 4 members (excludes halogenated alkanes) is 1. The molecular formula is C18H23N3O2S. The van der Waals surface area contributed by atoms with Gasteiger partial charge in [0, 0.05) is 10.6 Å². The maximum absolute atomic E-state index is 12.3. The molecule has 1 heterocycles. The number of hydrogen-bond donors (Lipinski definition) is 3. The zero-order valence-electron chi connectivity index (χ0n) is 13.7. The molecular weight excluding hydrogens is 322 g/mol. The van der Waals surface area contributed by atoms with Gasteiger partial charge in [0.05, 0.1) is 12.5 Å². The molecule has 0 radical (unpaired) electrons. The minimum atomic E-state index is -0.638. The van der Waals surface area contributed by atoms with E-state index in [2.05, 4.69) is 17.6 Å². The molecule has 2 rings (SSSR count). The average Bonchev–Trinajstić information content (AvgIpc) is 3.07. The van der Waals surface area contributed by atoms with Crippen LogP contribution in [0.1, 0.15) is 42.7 Å². The number of amides is 3. The number of primary amides is 1. The lowest BCUT2D eigenvalue weighted by atomic mass is 10.1. The van der Waals surface area contributed by atoms with E-state index in [1.165, 1.54) is 16.9 Å². The molecule has 0 spiro atoms. The lowest BCUT2D eigenvalue weighted by Gasteiger charge is -2.16. The number of benzene rings is 1. The molecule has 5 nitrogen and oxygen atoms in total. The summed E-state index contributed by atoms with van der Waals surface area (Å²) in [5.41, 5.74) is 7.23. The lowest BCUT2D eigenvalue weighted by molar-refractivity contribution is -0.116. The summed E-state index contributed by atoms with van der Waals surface area (Å²) in [6.07, 6.45) is 3.51. The summed E-state index contributed by atoms with van der Waals surface area (Å²) in [5.74, 6) is -0.163. The normalized spacial score (nSPS) is 11.7. The molecule has 0 aliphatic carbocycles. The van der Waals surface area contributed by atoms with Gasteiger partial charge in [0.25, 0.3) is 0 Å². The van der Waals surface area contributed by atoms with Gasteiger partial charge in [-0.1, -0.05) is 31.5 Å². The fourth-order valence-corrected chi connectivity index (χ4v) is 3.20. The van der Waals surface area contributed by atoms with Crippen LogP contribution in [-0.4, -0.2) is 11.9 Å². The van der Waals surface area contributed by atoms with Crippen molar-refractivity contribution in [2.45, 2.75) is 38.6 Å². The lowest BCUT2D eigenvalue weighted by Crippen LogP contribution is -2.34. The van der Waals surface area contributed by atoms with E-state index in [9.17, 15) is 9.59 Å². The minimum absolute atomic E-state index is 0.140. The fourth-order valence-electron chi connectivity index (χ4n) is 2.42. The highest BCUT2D eigenvalue weighted by Crippen LogP contribution is 2.22. The molecule has 3 amide bonds. The van der Waals surface area contributed by atoms with Crippen molar-refractivity contribution in [2.75, 3.05) is 5.32 Å². The molecule has 1 aromatic carbocycles. The number of thiophene rings is 1. The summed E-state index contributed by atoms with van der Waals surface area (Å²) in [4.78, 5) is 24.3. The Hall–Kier alpha value is -2.34. The molecule has 128 valence electrons. The SMILES string of the molecule is CCCCc1ccc(NC(=O)C[C@@H](NC(N)=O)c2cccs2)cc1. The van der Waals surface area contributed by atoms with Crippen molar-refractivity contribution < 1.29 is 9.59 Å². The third-order valence-corrected chi connectivity index (χ3v) is 4.64. The van der Waals surface area contributed by atoms with Gasteiger partial charge in [-0.2, -0.15) is 0 Å². The first-order valence-electron chi connectivity index (χ1n) is 8.06. The molecule has 0 saturated carbocycles. The predicted molar refractivity (Wildman–Crippen MR) is 98.1 cm³/mol. The second-order valence-corrected chi connectivity index (χ2v) is 6.61. The van der Waals surface area contributed by atoms with Crippen molar-refractivity contribution in [1.82, 2.24) is 5.32 Å². The van der Waals surface area contributed by atoms with Crippen molar-refractivity contribution in [3.63, 3.8) is 0 Å². The summed E-state index contributed by atoms with van der Waals surface area (Å²) >= 11 is 1.48. The number of carbonyl (C=O) groups excluding carboxylic acids is 2. The summed E-state index contributed by atoms with van der Waals surface area (Å²) in [6.45, 7) is 2.17. The van der Waals surface area contributed by atoms with Gasteiger partial charge in [0.1, 0.15) is 0 Å². The molecule has 1 atom stereocenters. The molecule has 6 heteroatoms. The first kappa shape index (κ1) is 18.0.